The highest BCUT2D eigenvalue weighted by Gasteiger charge is 2.14. The summed E-state index contributed by atoms with van der Waals surface area (Å²) in [6.07, 6.45) is -0.580. The Balaban J connectivity index is 1.64. The van der Waals surface area contributed by atoms with E-state index in [2.05, 4.69) is 10.2 Å². The van der Waals surface area contributed by atoms with Crippen molar-refractivity contribution < 1.29 is 14.3 Å². The first-order valence-corrected chi connectivity index (χ1v) is 8.26. The number of ether oxygens (including phenoxy) is 2. The molecule has 0 saturated carbocycles. The third kappa shape index (κ3) is 4.41. The molecule has 0 atom stereocenters. The Morgan fingerprint density at radius 3 is 2.27 bits per heavy atom. The van der Waals surface area contributed by atoms with Crippen molar-refractivity contribution in [1.29, 1.82) is 0 Å². The van der Waals surface area contributed by atoms with Gasteiger partial charge in [-0.2, -0.15) is 0 Å². The molecule has 0 radical (unpaired) electrons. The summed E-state index contributed by atoms with van der Waals surface area (Å²) in [5.41, 5.74) is 0.699. The van der Waals surface area contributed by atoms with Crippen LogP contribution in [0, 0.1) is 0 Å². The fourth-order valence-corrected chi connectivity index (χ4v) is 2.28. The van der Waals surface area contributed by atoms with Gasteiger partial charge >= 0.3 is 6.09 Å². The number of hydrogen-bond acceptors (Lipinski definition) is 5. The smallest absolute Gasteiger partial charge is 0.420 e. The summed E-state index contributed by atoms with van der Waals surface area (Å²) in [6.45, 7) is 0. The zero-order valence-corrected chi connectivity index (χ0v) is 15.1. The van der Waals surface area contributed by atoms with Crippen LogP contribution in [0.4, 0.5) is 10.5 Å². The molecule has 0 saturated heterocycles. The monoisotopic (exact) mass is 389 g/mol. The van der Waals surface area contributed by atoms with Crippen LogP contribution in [0.2, 0.25) is 10.0 Å². The minimum absolute atomic E-state index is 0.0549. The van der Waals surface area contributed by atoms with Crippen molar-refractivity contribution in [2.24, 2.45) is 0 Å². The molecule has 0 aliphatic rings. The van der Waals surface area contributed by atoms with Gasteiger partial charge in [0.05, 0.1) is 10.0 Å². The van der Waals surface area contributed by atoms with Crippen LogP contribution in [0.25, 0.3) is 0 Å². The van der Waals surface area contributed by atoms with E-state index in [1.165, 1.54) is 17.0 Å². The SMILES string of the molecule is CN(C(=O)Oc1ccc(Oc2ccc(Cl)c(Cl)c2)nn1)c1ccccc1. The summed E-state index contributed by atoms with van der Waals surface area (Å²) in [7, 11) is 1.60. The lowest BCUT2D eigenvalue weighted by atomic mass is 10.3. The number of carbonyl (C=O) groups excluding carboxylic acids is 1. The van der Waals surface area contributed by atoms with Gasteiger partial charge in [0.2, 0.25) is 11.8 Å². The highest BCUT2D eigenvalue weighted by Crippen LogP contribution is 2.28. The number of anilines is 1. The molecule has 132 valence electrons. The van der Waals surface area contributed by atoms with E-state index >= 15 is 0 Å². The lowest BCUT2D eigenvalue weighted by Gasteiger charge is -2.16. The van der Waals surface area contributed by atoms with Crippen LogP contribution in [-0.2, 0) is 0 Å². The molecule has 0 bridgehead atoms. The fourth-order valence-electron chi connectivity index (χ4n) is 1.99. The van der Waals surface area contributed by atoms with Crippen molar-refractivity contribution in [2.75, 3.05) is 11.9 Å². The Morgan fingerprint density at radius 1 is 0.923 bits per heavy atom. The minimum atomic E-state index is -0.580. The van der Waals surface area contributed by atoms with Gasteiger partial charge in [-0.3, -0.25) is 4.90 Å². The van der Waals surface area contributed by atoms with Crippen molar-refractivity contribution in [3.8, 4) is 17.5 Å². The van der Waals surface area contributed by atoms with Crippen molar-refractivity contribution in [3.63, 3.8) is 0 Å². The molecule has 3 rings (SSSR count). The second-order valence-electron chi connectivity index (χ2n) is 5.15. The van der Waals surface area contributed by atoms with E-state index in [0.717, 1.165) is 0 Å². The maximum Gasteiger partial charge on any atom is 0.420 e. The molecule has 26 heavy (non-hydrogen) atoms. The average Bonchev–Trinajstić information content (AvgIpc) is 2.66. The second-order valence-corrected chi connectivity index (χ2v) is 5.96. The van der Waals surface area contributed by atoms with E-state index in [1.54, 1.807) is 37.4 Å². The van der Waals surface area contributed by atoms with Gasteiger partial charge in [0.1, 0.15) is 5.75 Å². The predicted molar refractivity (Wildman–Crippen MR) is 99.4 cm³/mol. The number of aromatic nitrogens is 2. The molecule has 3 aromatic rings. The van der Waals surface area contributed by atoms with Crippen LogP contribution in [0.3, 0.4) is 0 Å². The van der Waals surface area contributed by atoms with Gasteiger partial charge in [0.15, 0.2) is 0 Å². The molecule has 0 spiro atoms. The topological polar surface area (TPSA) is 64.6 Å². The molecule has 1 heterocycles. The lowest BCUT2D eigenvalue weighted by Crippen LogP contribution is -2.29. The number of benzene rings is 2. The Bertz CT molecular complexity index is 905. The van der Waals surface area contributed by atoms with Gasteiger partial charge in [0.25, 0.3) is 0 Å². The van der Waals surface area contributed by atoms with E-state index in [4.69, 9.17) is 32.7 Å². The molecule has 2 aromatic carbocycles. The summed E-state index contributed by atoms with van der Waals surface area (Å²) < 4.78 is 10.7. The number of halogens is 2. The van der Waals surface area contributed by atoms with Gasteiger partial charge < -0.3 is 9.47 Å². The maximum absolute atomic E-state index is 12.1. The Labute approximate surface area is 159 Å². The number of amides is 1. The van der Waals surface area contributed by atoms with E-state index < -0.39 is 6.09 Å². The van der Waals surface area contributed by atoms with Crippen molar-refractivity contribution in [3.05, 3.63) is 70.7 Å². The number of para-hydroxylation sites is 1. The molecule has 0 fully saturated rings. The Kier molecular flexibility index (Phi) is 5.55. The van der Waals surface area contributed by atoms with Crippen molar-refractivity contribution in [1.82, 2.24) is 10.2 Å². The first-order valence-electron chi connectivity index (χ1n) is 7.50. The summed E-state index contributed by atoms with van der Waals surface area (Å²) >= 11 is 11.8. The van der Waals surface area contributed by atoms with E-state index in [-0.39, 0.29) is 11.8 Å². The van der Waals surface area contributed by atoms with Crippen molar-refractivity contribution >= 4 is 35.0 Å². The number of rotatable bonds is 4. The van der Waals surface area contributed by atoms with E-state index in [1.807, 2.05) is 18.2 Å². The van der Waals surface area contributed by atoms with Gasteiger partial charge in [-0.15, -0.1) is 10.2 Å². The minimum Gasteiger partial charge on any atom is -0.437 e. The van der Waals surface area contributed by atoms with Gasteiger partial charge in [-0.1, -0.05) is 41.4 Å². The molecule has 0 aliphatic heterocycles. The molecule has 1 amide bonds. The number of hydrogen-bond donors (Lipinski definition) is 0. The molecule has 1 aromatic heterocycles. The highest BCUT2D eigenvalue weighted by atomic mass is 35.5. The third-order valence-electron chi connectivity index (χ3n) is 3.34. The first-order chi connectivity index (χ1) is 12.5. The normalized spacial score (nSPS) is 10.3. The zero-order chi connectivity index (χ0) is 18.5. The maximum atomic E-state index is 12.1. The molecular formula is C18H13Cl2N3O3. The third-order valence-corrected chi connectivity index (χ3v) is 4.08. The number of carbonyl (C=O) groups is 1. The van der Waals surface area contributed by atoms with Crippen LogP contribution in [0.5, 0.6) is 17.5 Å². The largest absolute Gasteiger partial charge is 0.437 e. The van der Waals surface area contributed by atoms with Gasteiger partial charge in [-0.25, -0.2) is 4.79 Å². The summed E-state index contributed by atoms with van der Waals surface area (Å²) in [5, 5.41) is 8.49. The zero-order valence-electron chi connectivity index (χ0n) is 13.6. The molecule has 6 nitrogen and oxygen atoms in total. The highest BCUT2D eigenvalue weighted by molar-refractivity contribution is 6.42. The van der Waals surface area contributed by atoms with E-state index in [0.29, 0.717) is 21.5 Å². The van der Waals surface area contributed by atoms with Crippen LogP contribution in [-0.4, -0.2) is 23.3 Å². The summed E-state index contributed by atoms with van der Waals surface area (Å²) in [6, 6.07) is 16.9. The molecule has 0 unspecified atom stereocenters. The average molecular weight is 390 g/mol. The molecule has 0 aliphatic carbocycles. The molecule has 0 N–H and O–H groups in total. The first kappa shape index (κ1) is 18.0. The van der Waals surface area contributed by atoms with Crippen LogP contribution in [0.1, 0.15) is 0 Å². The summed E-state index contributed by atoms with van der Waals surface area (Å²) in [5.74, 6) is 0.737. The predicted octanol–water partition coefficient (Wildman–Crippen LogP) is 5.21. The van der Waals surface area contributed by atoms with Gasteiger partial charge in [-0.05, 0) is 24.3 Å². The Hall–Kier alpha value is -2.83. The quantitative estimate of drug-likeness (QED) is 0.612. The standard InChI is InChI=1S/C18H13Cl2N3O3/c1-23(12-5-3-2-4-6-12)18(24)26-17-10-9-16(21-22-17)25-13-7-8-14(19)15(20)11-13/h2-11H,1H3. The van der Waals surface area contributed by atoms with Crippen molar-refractivity contribution in [2.45, 2.75) is 0 Å². The number of nitrogens with zero attached hydrogens (tertiary/aromatic N) is 3. The van der Waals surface area contributed by atoms with Crippen LogP contribution < -0.4 is 14.4 Å². The van der Waals surface area contributed by atoms with Crippen LogP contribution in [0.15, 0.2) is 60.7 Å². The van der Waals surface area contributed by atoms with E-state index in [9.17, 15) is 4.79 Å². The lowest BCUT2D eigenvalue weighted by molar-refractivity contribution is 0.206. The molecule has 8 heteroatoms. The molecular weight excluding hydrogens is 377 g/mol. The van der Waals surface area contributed by atoms with Gasteiger partial charge in [0, 0.05) is 30.9 Å². The summed E-state index contributed by atoms with van der Waals surface area (Å²) in [4.78, 5) is 13.5. The second kappa shape index (κ2) is 8.03. The fraction of sp³-hybridized carbons (Fsp3) is 0.0556. The Morgan fingerprint density at radius 2 is 1.62 bits per heavy atom. The van der Waals surface area contributed by atoms with Crippen LogP contribution >= 0.6 is 23.2 Å².